The van der Waals surface area contributed by atoms with E-state index in [1.807, 2.05) is 30.3 Å². The number of benzene rings is 2. The number of nitrogens with one attached hydrogen (secondary N) is 2. The van der Waals surface area contributed by atoms with Crippen LogP contribution in [-0.2, 0) is 11.2 Å². The van der Waals surface area contributed by atoms with Gasteiger partial charge in [0.25, 0.3) is 5.56 Å². The minimum atomic E-state index is -1.09. The van der Waals surface area contributed by atoms with Gasteiger partial charge in [-0.2, -0.15) is 0 Å². The number of hydrogen-bond donors (Lipinski definition) is 2. The third kappa shape index (κ3) is 3.40. The highest BCUT2D eigenvalue weighted by molar-refractivity contribution is 5.87. The predicted octanol–water partition coefficient (Wildman–Crippen LogP) is 4.05. The molecule has 4 rings (SSSR count). The lowest BCUT2D eigenvalue weighted by Crippen LogP contribution is -2.31. The van der Waals surface area contributed by atoms with E-state index < -0.39 is 23.2 Å². The van der Waals surface area contributed by atoms with Gasteiger partial charge in [0.15, 0.2) is 11.6 Å². The highest BCUT2D eigenvalue weighted by atomic mass is 19.2. The van der Waals surface area contributed by atoms with Crippen LogP contribution in [0.15, 0.2) is 53.5 Å². The van der Waals surface area contributed by atoms with E-state index in [4.69, 9.17) is 0 Å². The minimum absolute atomic E-state index is 0.0460. The Kier molecular flexibility index (Phi) is 4.66. The Balaban J connectivity index is 1.64. The summed E-state index contributed by atoms with van der Waals surface area (Å²) < 4.78 is 27.4. The van der Waals surface area contributed by atoms with E-state index in [2.05, 4.69) is 9.97 Å². The number of halogens is 2. The number of fused-ring (bicyclic) bond motifs is 2. The first-order valence-corrected chi connectivity index (χ1v) is 9.18. The minimum Gasteiger partial charge on any atom is -0.358 e. The number of H-pyrrole nitrogens is 2. The van der Waals surface area contributed by atoms with E-state index in [-0.39, 0.29) is 23.1 Å². The molecule has 2 N–H and O–H groups in total. The molecule has 2 heterocycles. The van der Waals surface area contributed by atoms with Crippen molar-refractivity contribution in [3.63, 3.8) is 0 Å². The summed E-state index contributed by atoms with van der Waals surface area (Å²) >= 11 is 0. The van der Waals surface area contributed by atoms with Gasteiger partial charge in [-0.25, -0.2) is 8.78 Å². The number of rotatable bonds is 4. The maximum atomic E-state index is 13.8. The molecule has 1 amide bonds. The molecule has 29 heavy (non-hydrogen) atoms. The Morgan fingerprint density at radius 2 is 1.79 bits per heavy atom. The van der Waals surface area contributed by atoms with E-state index in [1.165, 1.54) is 11.1 Å². The molecular formula is C22H19F2N3O2. The summed E-state index contributed by atoms with van der Waals surface area (Å²) in [5.74, 6) is -2.27. The first kappa shape index (κ1) is 18.9. The average Bonchev–Trinajstić information content (AvgIpc) is 3.11. The fourth-order valence-corrected chi connectivity index (χ4v) is 3.56. The quantitative estimate of drug-likeness (QED) is 0.547. The van der Waals surface area contributed by atoms with Crippen LogP contribution in [0.4, 0.5) is 8.78 Å². The molecule has 0 saturated carbocycles. The number of nitrogens with zero attached hydrogens (tertiary/aromatic N) is 1. The number of amides is 1. The summed E-state index contributed by atoms with van der Waals surface area (Å²) in [4.78, 5) is 32.1. The van der Waals surface area contributed by atoms with Crippen molar-refractivity contribution in [2.45, 2.75) is 19.4 Å². The number of carbonyl (C=O) groups excluding carboxylic acids is 1. The number of para-hydroxylation sites is 1. The fourth-order valence-electron chi connectivity index (χ4n) is 3.56. The van der Waals surface area contributed by atoms with Crippen molar-refractivity contribution in [2.24, 2.45) is 0 Å². The molecule has 0 saturated heterocycles. The summed E-state index contributed by atoms with van der Waals surface area (Å²) in [6.07, 6.45) is 1.61. The Bertz CT molecular complexity index is 1260. The lowest BCUT2D eigenvalue weighted by Gasteiger charge is -2.26. The molecule has 2 aromatic carbocycles. The van der Waals surface area contributed by atoms with Gasteiger partial charge < -0.3 is 14.9 Å². The van der Waals surface area contributed by atoms with Crippen LogP contribution < -0.4 is 5.56 Å². The summed E-state index contributed by atoms with van der Waals surface area (Å²) in [5, 5.41) is 1.35. The van der Waals surface area contributed by atoms with Gasteiger partial charge in [0, 0.05) is 24.5 Å². The van der Waals surface area contributed by atoms with Gasteiger partial charge in [0.1, 0.15) is 0 Å². The largest absolute Gasteiger partial charge is 0.358 e. The predicted molar refractivity (Wildman–Crippen MR) is 108 cm³/mol. The SMILES string of the molecule is C[C@H](c1c[nH]c(=O)c2cc(F)c(F)cc12)N(C)C(=O)Cc1cc2ccccc2[nH]1. The Morgan fingerprint density at radius 1 is 1.10 bits per heavy atom. The lowest BCUT2D eigenvalue weighted by molar-refractivity contribution is -0.131. The number of aromatic nitrogens is 2. The summed E-state index contributed by atoms with van der Waals surface area (Å²) in [7, 11) is 1.65. The summed E-state index contributed by atoms with van der Waals surface area (Å²) in [6.45, 7) is 1.78. The van der Waals surface area contributed by atoms with Gasteiger partial charge in [-0.1, -0.05) is 18.2 Å². The van der Waals surface area contributed by atoms with Gasteiger partial charge in [0.05, 0.1) is 17.8 Å². The standard InChI is InChI=1S/C22H19F2N3O2/c1-12(17-11-25-22(29)16-10-19(24)18(23)9-15(16)17)27(2)21(28)8-14-7-13-5-3-4-6-20(13)26-14/h3-7,9-12,26H,8H2,1-2H3,(H,25,29)/t12-/m1/s1. The number of aromatic amines is 2. The molecule has 0 fully saturated rings. The third-order valence-electron chi connectivity index (χ3n) is 5.33. The van der Waals surface area contributed by atoms with Crippen LogP contribution in [0.3, 0.4) is 0 Å². The van der Waals surface area contributed by atoms with Crippen molar-refractivity contribution in [1.82, 2.24) is 14.9 Å². The second-order valence-electron chi connectivity index (χ2n) is 7.12. The van der Waals surface area contributed by atoms with Crippen LogP contribution >= 0.6 is 0 Å². The molecule has 4 aromatic rings. The molecule has 0 aliphatic heterocycles. The van der Waals surface area contributed by atoms with Gasteiger partial charge >= 0.3 is 0 Å². The number of hydrogen-bond acceptors (Lipinski definition) is 2. The smallest absolute Gasteiger partial charge is 0.255 e. The van der Waals surface area contributed by atoms with Crippen molar-refractivity contribution in [2.75, 3.05) is 7.05 Å². The van der Waals surface area contributed by atoms with Crippen LogP contribution in [0.2, 0.25) is 0 Å². The molecule has 0 bridgehead atoms. The van der Waals surface area contributed by atoms with Crippen LogP contribution in [0, 0.1) is 11.6 Å². The topological polar surface area (TPSA) is 69.0 Å². The first-order valence-electron chi connectivity index (χ1n) is 9.18. The average molecular weight is 395 g/mol. The molecule has 7 heteroatoms. The van der Waals surface area contributed by atoms with Crippen LogP contribution in [0.25, 0.3) is 21.7 Å². The molecule has 0 spiro atoms. The van der Waals surface area contributed by atoms with Gasteiger partial charge in [-0.15, -0.1) is 0 Å². The normalized spacial score (nSPS) is 12.4. The van der Waals surface area contributed by atoms with Crippen LogP contribution in [0.1, 0.15) is 24.2 Å². The fraction of sp³-hybridized carbons (Fsp3) is 0.182. The summed E-state index contributed by atoms with van der Waals surface area (Å²) in [5.41, 5.74) is 1.76. The first-order chi connectivity index (χ1) is 13.8. The van der Waals surface area contributed by atoms with Gasteiger partial charge in [-0.3, -0.25) is 9.59 Å². The van der Waals surface area contributed by atoms with Crippen molar-refractivity contribution in [3.8, 4) is 0 Å². The Labute approximate surface area is 165 Å². The van der Waals surface area contributed by atoms with E-state index in [1.54, 1.807) is 14.0 Å². The highest BCUT2D eigenvalue weighted by Crippen LogP contribution is 2.27. The van der Waals surface area contributed by atoms with E-state index in [9.17, 15) is 18.4 Å². The second-order valence-corrected chi connectivity index (χ2v) is 7.12. The molecule has 2 aromatic heterocycles. The maximum Gasteiger partial charge on any atom is 0.255 e. The second kappa shape index (κ2) is 7.16. The molecule has 1 atom stereocenters. The Morgan fingerprint density at radius 3 is 2.52 bits per heavy atom. The summed E-state index contributed by atoms with van der Waals surface area (Å²) in [6, 6.07) is 11.1. The van der Waals surface area contributed by atoms with Crippen molar-refractivity contribution >= 4 is 27.6 Å². The van der Waals surface area contributed by atoms with Crippen LogP contribution in [-0.4, -0.2) is 27.8 Å². The molecular weight excluding hydrogens is 376 g/mol. The molecule has 0 aliphatic carbocycles. The number of carbonyl (C=O) groups is 1. The molecule has 0 aliphatic rings. The van der Waals surface area contributed by atoms with Gasteiger partial charge in [-0.05, 0) is 47.5 Å². The van der Waals surface area contributed by atoms with Crippen molar-refractivity contribution < 1.29 is 13.6 Å². The van der Waals surface area contributed by atoms with Crippen molar-refractivity contribution in [1.29, 1.82) is 0 Å². The number of pyridine rings is 1. The van der Waals surface area contributed by atoms with E-state index in [0.717, 1.165) is 28.7 Å². The van der Waals surface area contributed by atoms with E-state index >= 15 is 0 Å². The molecule has 5 nitrogen and oxygen atoms in total. The monoisotopic (exact) mass is 395 g/mol. The zero-order chi connectivity index (χ0) is 20.7. The van der Waals surface area contributed by atoms with E-state index in [0.29, 0.717) is 5.56 Å². The van der Waals surface area contributed by atoms with Crippen molar-refractivity contribution in [3.05, 3.63) is 81.9 Å². The van der Waals surface area contributed by atoms with Gasteiger partial charge in [0.2, 0.25) is 5.91 Å². The zero-order valence-electron chi connectivity index (χ0n) is 15.9. The maximum absolute atomic E-state index is 13.8. The zero-order valence-corrected chi connectivity index (χ0v) is 15.9. The molecule has 0 unspecified atom stereocenters. The van der Waals surface area contributed by atoms with Crippen LogP contribution in [0.5, 0.6) is 0 Å². The lowest BCUT2D eigenvalue weighted by atomic mass is 10.0. The number of likely N-dealkylation sites (N-methyl/N-ethyl adjacent to an activating group) is 1. The Hall–Kier alpha value is -3.48. The third-order valence-corrected chi connectivity index (χ3v) is 5.33. The highest BCUT2D eigenvalue weighted by Gasteiger charge is 2.22. The molecule has 0 radical (unpaired) electrons. The molecule has 148 valence electrons.